The summed E-state index contributed by atoms with van der Waals surface area (Å²) in [6.07, 6.45) is 1.27. The highest BCUT2D eigenvalue weighted by Gasteiger charge is 2.43. The highest BCUT2D eigenvalue weighted by atomic mass is 16.6. The third-order valence-corrected chi connectivity index (χ3v) is 6.43. The summed E-state index contributed by atoms with van der Waals surface area (Å²) in [5.74, 6) is 1.11. The largest absolute Gasteiger partial charge is 0.444 e. The lowest BCUT2D eigenvalue weighted by Gasteiger charge is -2.26. The monoisotopic (exact) mass is 480 g/mol. The third kappa shape index (κ3) is 4.31. The maximum atomic E-state index is 12.5. The molecule has 2 unspecified atom stereocenters. The number of rotatable bonds is 4. The number of nitro benzene ring substituents is 1. The van der Waals surface area contributed by atoms with Crippen molar-refractivity contribution in [2.24, 2.45) is 11.8 Å². The first-order valence-electron chi connectivity index (χ1n) is 11.5. The van der Waals surface area contributed by atoms with Gasteiger partial charge in [0.15, 0.2) is 5.65 Å². The topological polar surface area (TPSA) is 142 Å². The molecule has 3 aromatic rings. The summed E-state index contributed by atoms with van der Waals surface area (Å²) >= 11 is 0. The fraction of sp³-hybridized carbons (Fsp3) is 0.478. The molecule has 0 bridgehead atoms. The van der Waals surface area contributed by atoms with Gasteiger partial charge in [-0.25, -0.2) is 14.8 Å². The molecule has 5 rings (SSSR count). The van der Waals surface area contributed by atoms with Crippen LogP contribution in [0.4, 0.5) is 22.1 Å². The lowest BCUT2D eigenvalue weighted by Crippen LogP contribution is -2.37. The van der Waals surface area contributed by atoms with E-state index < -0.39 is 10.5 Å². The summed E-state index contributed by atoms with van der Waals surface area (Å²) in [5, 5.41) is 14.4. The van der Waals surface area contributed by atoms with Gasteiger partial charge in [0.1, 0.15) is 22.5 Å². The molecule has 35 heavy (non-hydrogen) atoms. The van der Waals surface area contributed by atoms with Crippen LogP contribution in [-0.4, -0.2) is 74.7 Å². The number of carbonyl (C=O) groups is 1. The number of benzene rings is 1. The van der Waals surface area contributed by atoms with Gasteiger partial charge >= 0.3 is 6.09 Å². The van der Waals surface area contributed by atoms with Gasteiger partial charge in [0.25, 0.3) is 5.69 Å². The van der Waals surface area contributed by atoms with E-state index in [2.05, 4.69) is 25.2 Å². The molecule has 184 valence electrons. The van der Waals surface area contributed by atoms with Gasteiger partial charge in [-0.15, -0.1) is 0 Å². The first-order valence-corrected chi connectivity index (χ1v) is 11.5. The number of nitro groups is 1. The van der Waals surface area contributed by atoms with E-state index in [1.807, 2.05) is 20.8 Å². The van der Waals surface area contributed by atoms with Crippen LogP contribution in [0.25, 0.3) is 22.4 Å². The van der Waals surface area contributed by atoms with Gasteiger partial charge in [-0.2, -0.15) is 4.98 Å². The SMILES string of the molecule is CNc1ccc(-c2nc(N3CC4CN(C(=O)OC(C)(C)C)CC4C3)nc3nc[nH]c23)cc1[N+](=O)[O-]. The molecule has 2 fully saturated rings. The van der Waals surface area contributed by atoms with Crippen LogP contribution in [0.1, 0.15) is 20.8 Å². The Labute approximate surface area is 201 Å². The van der Waals surface area contributed by atoms with E-state index in [1.54, 1.807) is 30.4 Å². The van der Waals surface area contributed by atoms with Gasteiger partial charge in [-0.3, -0.25) is 10.1 Å². The summed E-state index contributed by atoms with van der Waals surface area (Å²) in [5.41, 5.74) is 2.15. The number of ether oxygens (including phenoxy) is 1. The maximum absolute atomic E-state index is 12.5. The van der Waals surface area contributed by atoms with Crippen LogP contribution in [0.5, 0.6) is 0 Å². The van der Waals surface area contributed by atoms with Gasteiger partial charge in [-0.05, 0) is 26.8 Å². The van der Waals surface area contributed by atoms with Gasteiger partial charge in [0.2, 0.25) is 5.95 Å². The van der Waals surface area contributed by atoms with E-state index in [-0.39, 0.29) is 11.8 Å². The Morgan fingerprint density at radius 2 is 1.91 bits per heavy atom. The Morgan fingerprint density at radius 1 is 1.20 bits per heavy atom. The van der Waals surface area contributed by atoms with Crippen molar-refractivity contribution in [2.45, 2.75) is 26.4 Å². The third-order valence-electron chi connectivity index (χ3n) is 6.43. The van der Waals surface area contributed by atoms with E-state index in [0.717, 1.165) is 0 Å². The number of hydrogen-bond donors (Lipinski definition) is 2. The van der Waals surface area contributed by atoms with Crippen LogP contribution < -0.4 is 10.2 Å². The second-order valence-electron chi connectivity index (χ2n) is 10.0. The molecule has 2 atom stereocenters. The van der Waals surface area contributed by atoms with E-state index in [9.17, 15) is 14.9 Å². The molecule has 2 aromatic heterocycles. The fourth-order valence-corrected chi connectivity index (χ4v) is 4.85. The number of likely N-dealkylation sites (tertiary alicyclic amines) is 1. The van der Waals surface area contributed by atoms with Crippen molar-refractivity contribution in [1.29, 1.82) is 0 Å². The Balaban J connectivity index is 1.41. The van der Waals surface area contributed by atoms with Gasteiger partial charge in [0, 0.05) is 56.7 Å². The lowest BCUT2D eigenvalue weighted by atomic mass is 10.0. The van der Waals surface area contributed by atoms with Crippen LogP contribution in [-0.2, 0) is 4.74 Å². The smallest absolute Gasteiger partial charge is 0.410 e. The van der Waals surface area contributed by atoms with Crippen LogP contribution in [0.15, 0.2) is 24.5 Å². The quantitative estimate of drug-likeness (QED) is 0.425. The number of carbonyl (C=O) groups excluding carboxylic acids is 1. The molecule has 2 N–H and O–H groups in total. The van der Waals surface area contributed by atoms with Crippen molar-refractivity contribution < 1.29 is 14.5 Å². The average molecular weight is 481 g/mol. The first kappa shape index (κ1) is 22.8. The summed E-state index contributed by atoms with van der Waals surface area (Å²) in [4.78, 5) is 44.4. The number of aromatic amines is 1. The van der Waals surface area contributed by atoms with Crippen LogP contribution in [0.2, 0.25) is 0 Å². The van der Waals surface area contributed by atoms with E-state index in [1.165, 1.54) is 6.07 Å². The minimum atomic E-state index is -0.523. The average Bonchev–Trinajstić information content (AvgIpc) is 3.51. The van der Waals surface area contributed by atoms with Crippen molar-refractivity contribution in [1.82, 2.24) is 24.8 Å². The summed E-state index contributed by atoms with van der Waals surface area (Å²) < 4.78 is 5.53. The van der Waals surface area contributed by atoms with Crippen LogP contribution in [0, 0.1) is 22.0 Å². The van der Waals surface area contributed by atoms with E-state index in [4.69, 9.17) is 9.72 Å². The van der Waals surface area contributed by atoms with Crippen molar-refractivity contribution in [2.75, 3.05) is 43.4 Å². The summed E-state index contributed by atoms with van der Waals surface area (Å²) in [6.45, 7) is 8.27. The van der Waals surface area contributed by atoms with Gasteiger partial charge in [-0.1, -0.05) is 6.07 Å². The summed E-state index contributed by atoms with van der Waals surface area (Å²) in [7, 11) is 1.64. The van der Waals surface area contributed by atoms with Gasteiger partial charge in [0.05, 0.1) is 11.3 Å². The molecule has 2 saturated heterocycles. The second-order valence-corrected chi connectivity index (χ2v) is 10.0. The molecule has 2 aliphatic rings. The minimum Gasteiger partial charge on any atom is -0.444 e. The number of imidazole rings is 1. The lowest BCUT2D eigenvalue weighted by molar-refractivity contribution is -0.383. The van der Waals surface area contributed by atoms with Crippen molar-refractivity contribution in [3.8, 4) is 11.3 Å². The highest BCUT2D eigenvalue weighted by molar-refractivity contribution is 5.89. The molecule has 12 nitrogen and oxygen atoms in total. The van der Waals surface area contributed by atoms with Crippen molar-refractivity contribution in [3.63, 3.8) is 0 Å². The predicted molar refractivity (Wildman–Crippen MR) is 130 cm³/mol. The van der Waals surface area contributed by atoms with Crippen LogP contribution in [0.3, 0.4) is 0 Å². The van der Waals surface area contributed by atoms with Crippen molar-refractivity contribution >= 4 is 34.6 Å². The Hall–Kier alpha value is -3.96. The zero-order chi connectivity index (χ0) is 24.9. The van der Waals surface area contributed by atoms with Crippen LogP contribution >= 0.6 is 0 Å². The van der Waals surface area contributed by atoms with E-state index in [0.29, 0.717) is 72.1 Å². The Kier molecular flexibility index (Phi) is 5.45. The molecule has 2 aliphatic heterocycles. The molecule has 1 amide bonds. The molecule has 1 aromatic carbocycles. The molecule has 4 heterocycles. The molecular weight excluding hydrogens is 452 g/mol. The molecule has 0 radical (unpaired) electrons. The number of nitrogens with zero attached hydrogens (tertiary/aromatic N) is 6. The number of nitrogens with one attached hydrogen (secondary N) is 2. The molecule has 0 aliphatic carbocycles. The number of aromatic nitrogens is 4. The normalized spacial score (nSPS) is 19.8. The molecule has 0 spiro atoms. The predicted octanol–water partition coefficient (Wildman–Crippen LogP) is 3.27. The van der Waals surface area contributed by atoms with Crippen molar-refractivity contribution in [3.05, 3.63) is 34.6 Å². The Morgan fingerprint density at radius 3 is 2.54 bits per heavy atom. The Bertz CT molecular complexity index is 1290. The molecular formula is C23H28N8O4. The standard InChI is InChI=1S/C23H28N8O4/c1-23(2,3)35-22(32)30-10-14-8-29(9-15(14)11-30)21-27-18(19-20(28-21)26-12-25-19)13-5-6-16(24-4)17(7-13)31(33)34/h5-7,12,14-15,24H,8-11H2,1-4H3,(H,25,26,27,28). The number of anilines is 2. The number of hydrogen-bond acceptors (Lipinski definition) is 9. The zero-order valence-electron chi connectivity index (χ0n) is 20.1. The van der Waals surface area contributed by atoms with E-state index >= 15 is 0 Å². The zero-order valence-corrected chi connectivity index (χ0v) is 20.1. The fourth-order valence-electron chi connectivity index (χ4n) is 4.85. The minimum absolute atomic E-state index is 0.0317. The highest BCUT2D eigenvalue weighted by Crippen LogP contribution is 2.36. The molecule has 0 saturated carbocycles. The van der Waals surface area contributed by atoms with Gasteiger partial charge < -0.3 is 24.8 Å². The maximum Gasteiger partial charge on any atom is 0.410 e. The number of fused-ring (bicyclic) bond motifs is 2. The number of amides is 1. The first-order chi connectivity index (χ1) is 16.6. The summed E-state index contributed by atoms with van der Waals surface area (Å²) in [6, 6.07) is 4.97. The number of H-pyrrole nitrogens is 1. The second kappa shape index (κ2) is 8.36. The molecule has 12 heteroatoms.